The Bertz CT molecular complexity index is 972. The van der Waals surface area contributed by atoms with Gasteiger partial charge in [-0.15, -0.1) is 22.7 Å². The summed E-state index contributed by atoms with van der Waals surface area (Å²) < 4.78 is 6.01. The smallest absolute Gasteiger partial charge is 0.199 e. The minimum Gasteiger partial charge on any atom is -0.440 e. The molecule has 6 heteroatoms. The molecule has 0 N–H and O–H groups in total. The van der Waals surface area contributed by atoms with Gasteiger partial charge in [0.25, 0.3) is 0 Å². The summed E-state index contributed by atoms with van der Waals surface area (Å²) in [7, 11) is 0. The SMILES string of the molecule is c1csc(-c2nc(CN3CCCC(c4nc5ccccc5o4)C3)cs2)c1. The predicted octanol–water partition coefficient (Wildman–Crippen LogP) is 5.39. The lowest BCUT2D eigenvalue weighted by atomic mass is 9.98. The molecule has 0 radical (unpaired) electrons. The Labute approximate surface area is 160 Å². The highest BCUT2D eigenvalue weighted by Crippen LogP contribution is 2.31. The van der Waals surface area contributed by atoms with Crippen LogP contribution in [0.4, 0.5) is 0 Å². The Morgan fingerprint density at radius 3 is 2.96 bits per heavy atom. The van der Waals surface area contributed by atoms with E-state index in [-0.39, 0.29) is 0 Å². The first-order valence-corrected chi connectivity index (χ1v) is 10.7. The van der Waals surface area contributed by atoms with Crippen molar-refractivity contribution in [1.82, 2.24) is 14.9 Å². The number of fused-ring (bicyclic) bond motifs is 1. The number of likely N-dealkylation sites (tertiary alicyclic amines) is 1. The van der Waals surface area contributed by atoms with Gasteiger partial charge in [0.1, 0.15) is 10.5 Å². The molecule has 4 nitrogen and oxygen atoms in total. The van der Waals surface area contributed by atoms with Gasteiger partial charge in [-0.3, -0.25) is 4.90 Å². The number of hydrogen-bond donors (Lipinski definition) is 0. The first-order chi connectivity index (χ1) is 12.8. The minimum absolute atomic E-state index is 0.367. The summed E-state index contributed by atoms with van der Waals surface area (Å²) >= 11 is 3.49. The van der Waals surface area contributed by atoms with E-state index in [0.717, 1.165) is 53.7 Å². The van der Waals surface area contributed by atoms with Gasteiger partial charge < -0.3 is 4.42 Å². The summed E-state index contributed by atoms with van der Waals surface area (Å²) in [5.74, 6) is 1.25. The van der Waals surface area contributed by atoms with Crippen LogP contribution in [0.15, 0.2) is 51.6 Å². The zero-order chi connectivity index (χ0) is 17.3. The molecule has 1 fully saturated rings. The lowest BCUT2D eigenvalue weighted by Crippen LogP contribution is -2.34. The van der Waals surface area contributed by atoms with Gasteiger partial charge in [-0.1, -0.05) is 18.2 Å². The van der Waals surface area contributed by atoms with E-state index >= 15 is 0 Å². The normalized spacial score (nSPS) is 18.5. The largest absolute Gasteiger partial charge is 0.440 e. The second-order valence-electron chi connectivity index (χ2n) is 6.72. The van der Waals surface area contributed by atoms with E-state index < -0.39 is 0 Å². The minimum atomic E-state index is 0.367. The number of thiazole rings is 1. The average Bonchev–Trinajstić information content (AvgIpc) is 3.41. The van der Waals surface area contributed by atoms with Crippen molar-refractivity contribution in [2.24, 2.45) is 0 Å². The highest BCUT2D eigenvalue weighted by Gasteiger charge is 2.26. The van der Waals surface area contributed by atoms with Gasteiger partial charge in [0.2, 0.25) is 0 Å². The molecular weight excluding hydrogens is 362 g/mol. The van der Waals surface area contributed by atoms with Gasteiger partial charge in [-0.2, -0.15) is 0 Å². The lowest BCUT2D eigenvalue weighted by molar-refractivity contribution is 0.186. The molecule has 0 amide bonds. The van der Waals surface area contributed by atoms with Crippen LogP contribution in [0, 0.1) is 0 Å². The highest BCUT2D eigenvalue weighted by atomic mass is 32.1. The molecule has 1 atom stereocenters. The molecule has 3 aromatic heterocycles. The molecule has 5 rings (SSSR count). The van der Waals surface area contributed by atoms with Crippen molar-refractivity contribution in [3.05, 3.63) is 58.7 Å². The van der Waals surface area contributed by atoms with Crippen LogP contribution in [0.3, 0.4) is 0 Å². The summed E-state index contributed by atoms with van der Waals surface area (Å²) in [6.45, 7) is 3.00. The molecule has 1 aliphatic heterocycles. The molecule has 0 bridgehead atoms. The van der Waals surface area contributed by atoms with E-state index in [9.17, 15) is 0 Å². The molecule has 26 heavy (non-hydrogen) atoms. The van der Waals surface area contributed by atoms with Crippen LogP contribution in [-0.2, 0) is 6.54 Å². The number of para-hydroxylation sites is 2. The maximum atomic E-state index is 6.01. The molecule has 0 saturated carbocycles. The molecule has 1 unspecified atom stereocenters. The zero-order valence-electron chi connectivity index (χ0n) is 14.3. The number of nitrogens with zero attached hydrogens (tertiary/aromatic N) is 3. The topological polar surface area (TPSA) is 42.2 Å². The van der Waals surface area contributed by atoms with Crippen LogP contribution in [0.2, 0.25) is 0 Å². The summed E-state index contributed by atoms with van der Waals surface area (Å²) in [5, 5.41) is 5.42. The lowest BCUT2D eigenvalue weighted by Gasteiger charge is -2.30. The number of aromatic nitrogens is 2. The fourth-order valence-corrected chi connectivity index (χ4v) is 5.21. The molecule has 1 aromatic carbocycles. The summed E-state index contributed by atoms with van der Waals surface area (Å²) in [5.41, 5.74) is 3.01. The maximum absolute atomic E-state index is 6.01. The van der Waals surface area contributed by atoms with E-state index in [1.807, 2.05) is 24.3 Å². The average molecular weight is 382 g/mol. The van der Waals surface area contributed by atoms with E-state index in [1.54, 1.807) is 22.7 Å². The standard InChI is InChI=1S/C20H19N3OS2/c1-2-7-17-16(6-1)22-19(24-17)14-5-3-9-23(11-14)12-15-13-26-20(21-15)18-8-4-10-25-18/h1-2,4,6-8,10,13-14H,3,5,9,11-12H2. The zero-order valence-corrected chi connectivity index (χ0v) is 15.9. The van der Waals surface area contributed by atoms with Gasteiger partial charge in [0.15, 0.2) is 11.5 Å². The number of oxazole rings is 1. The molecule has 0 spiro atoms. The third-order valence-corrected chi connectivity index (χ3v) is 6.76. The van der Waals surface area contributed by atoms with E-state index in [1.165, 1.54) is 11.3 Å². The quantitative estimate of drug-likeness (QED) is 0.475. The van der Waals surface area contributed by atoms with Crippen molar-refractivity contribution in [3.8, 4) is 9.88 Å². The molecule has 1 aliphatic rings. The van der Waals surface area contributed by atoms with Crippen LogP contribution >= 0.6 is 22.7 Å². The number of hydrogen-bond acceptors (Lipinski definition) is 6. The number of thiophene rings is 1. The first-order valence-electron chi connectivity index (χ1n) is 8.91. The van der Waals surface area contributed by atoms with E-state index in [2.05, 4.69) is 27.8 Å². The van der Waals surface area contributed by atoms with Gasteiger partial charge in [-0.05, 0) is 43.0 Å². The van der Waals surface area contributed by atoms with Crippen LogP contribution in [0.1, 0.15) is 30.3 Å². The van der Waals surface area contributed by atoms with Crippen molar-refractivity contribution < 1.29 is 4.42 Å². The van der Waals surface area contributed by atoms with Gasteiger partial charge in [0.05, 0.1) is 10.6 Å². The molecule has 1 saturated heterocycles. The number of piperidine rings is 1. The Morgan fingerprint density at radius 1 is 1.12 bits per heavy atom. The van der Waals surface area contributed by atoms with E-state index in [0.29, 0.717) is 5.92 Å². The van der Waals surface area contributed by atoms with Crippen LogP contribution in [-0.4, -0.2) is 28.0 Å². The molecule has 4 heterocycles. The maximum Gasteiger partial charge on any atom is 0.199 e. The van der Waals surface area contributed by atoms with Crippen molar-refractivity contribution in [3.63, 3.8) is 0 Å². The Balaban J connectivity index is 1.30. The third kappa shape index (κ3) is 3.20. The van der Waals surface area contributed by atoms with Crippen LogP contribution in [0.5, 0.6) is 0 Å². The second-order valence-corrected chi connectivity index (χ2v) is 8.52. The summed E-state index contributed by atoms with van der Waals surface area (Å²) in [6, 6.07) is 12.2. The van der Waals surface area contributed by atoms with Crippen molar-refractivity contribution in [2.75, 3.05) is 13.1 Å². The Morgan fingerprint density at radius 2 is 2.08 bits per heavy atom. The number of rotatable bonds is 4. The highest BCUT2D eigenvalue weighted by molar-refractivity contribution is 7.20. The third-order valence-electron chi connectivity index (χ3n) is 4.83. The van der Waals surface area contributed by atoms with Gasteiger partial charge >= 0.3 is 0 Å². The first kappa shape index (κ1) is 16.2. The molecule has 132 valence electrons. The summed E-state index contributed by atoms with van der Waals surface area (Å²) in [6.07, 6.45) is 2.31. The Kier molecular flexibility index (Phi) is 4.32. The molecule has 4 aromatic rings. The van der Waals surface area contributed by atoms with Crippen LogP contribution in [0.25, 0.3) is 21.0 Å². The van der Waals surface area contributed by atoms with Crippen molar-refractivity contribution in [1.29, 1.82) is 0 Å². The fourth-order valence-electron chi connectivity index (χ4n) is 3.59. The van der Waals surface area contributed by atoms with Gasteiger partial charge in [0, 0.05) is 24.4 Å². The van der Waals surface area contributed by atoms with E-state index in [4.69, 9.17) is 14.4 Å². The van der Waals surface area contributed by atoms with Crippen LogP contribution < -0.4 is 0 Å². The Hall–Kier alpha value is -2.02. The van der Waals surface area contributed by atoms with Crippen molar-refractivity contribution in [2.45, 2.75) is 25.3 Å². The number of benzene rings is 1. The summed E-state index contributed by atoms with van der Waals surface area (Å²) in [4.78, 5) is 13.3. The molecule has 0 aliphatic carbocycles. The van der Waals surface area contributed by atoms with Crippen molar-refractivity contribution >= 4 is 33.8 Å². The molecular formula is C20H19N3OS2. The second kappa shape index (κ2) is 6.95. The van der Waals surface area contributed by atoms with Gasteiger partial charge in [-0.25, -0.2) is 9.97 Å². The predicted molar refractivity (Wildman–Crippen MR) is 107 cm³/mol. The fraction of sp³-hybridized carbons (Fsp3) is 0.300. The monoisotopic (exact) mass is 381 g/mol.